The fraction of sp³-hybridized carbons (Fsp3) is 0.556. The van der Waals surface area contributed by atoms with Crippen LogP contribution in [0, 0.1) is 13.8 Å². The van der Waals surface area contributed by atoms with Crippen LogP contribution in [0.2, 0.25) is 0 Å². The number of hydrogen-bond donors (Lipinski definition) is 1. The van der Waals surface area contributed by atoms with Gasteiger partial charge in [-0.1, -0.05) is 17.7 Å². The summed E-state index contributed by atoms with van der Waals surface area (Å²) >= 11 is 0. The summed E-state index contributed by atoms with van der Waals surface area (Å²) in [6, 6.07) is 6.04. The summed E-state index contributed by atoms with van der Waals surface area (Å²) in [7, 11) is 0. The second kappa shape index (κ2) is 7.49. The van der Waals surface area contributed by atoms with E-state index in [4.69, 9.17) is 0 Å². The highest BCUT2D eigenvalue weighted by molar-refractivity contribution is 5.96. The number of aryl methyl sites for hydroxylation is 2. The first-order valence-electron chi connectivity index (χ1n) is 8.30. The van der Waals surface area contributed by atoms with Crippen molar-refractivity contribution in [1.29, 1.82) is 0 Å². The van der Waals surface area contributed by atoms with E-state index >= 15 is 0 Å². The smallest absolute Gasteiger partial charge is 0.317 e. The Balaban J connectivity index is 2.04. The van der Waals surface area contributed by atoms with Crippen molar-refractivity contribution in [3.63, 3.8) is 0 Å². The third-order valence-corrected chi connectivity index (χ3v) is 4.11. The molecule has 1 aromatic rings. The third kappa shape index (κ3) is 4.47. The second-order valence-corrected chi connectivity index (χ2v) is 6.56. The SMILES string of the molecule is Cc1ccc(C)c(C(=O)N2CCCN(C(=O)NC(C)C)CC2)c1. The van der Waals surface area contributed by atoms with Gasteiger partial charge in [0.1, 0.15) is 0 Å². The van der Waals surface area contributed by atoms with Crippen LogP contribution in [0.3, 0.4) is 0 Å². The predicted octanol–water partition coefficient (Wildman–Crippen LogP) is 2.57. The zero-order chi connectivity index (χ0) is 17.0. The number of nitrogens with zero attached hydrogens (tertiary/aromatic N) is 2. The summed E-state index contributed by atoms with van der Waals surface area (Å²) in [5, 5.41) is 2.92. The molecule has 1 aromatic carbocycles. The topological polar surface area (TPSA) is 52.7 Å². The van der Waals surface area contributed by atoms with E-state index in [2.05, 4.69) is 5.32 Å². The zero-order valence-electron chi connectivity index (χ0n) is 14.6. The van der Waals surface area contributed by atoms with Crippen LogP contribution in [0.4, 0.5) is 4.79 Å². The van der Waals surface area contributed by atoms with Crippen molar-refractivity contribution in [2.75, 3.05) is 26.2 Å². The van der Waals surface area contributed by atoms with Crippen molar-refractivity contribution in [3.8, 4) is 0 Å². The third-order valence-electron chi connectivity index (χ3n) is 4.11. The first-order valence-corrected chi connectivity index (χ1v) is 8.30. The Morgan fingerprint density at radius 1 is 1.04 bits per heavy atom. The molecule has 5 heteroatoms. The molecule has 1 heterocycles. The van der Waals surface area contributed by atoms with Crippen molar-refractivity contribution in [2.45, 2.75) is 40.2 Å². The van der Waals surface area contributed by atoms with E-state index in [0.29, 0.717) is 26.2 Å². The minimum atomic E-state index is -0.0407. The number of carbonyl (C=O) groups is 2. The van der Waals surface area contributed by atoms with Crippen LogP contribution >= 0.6 is 0 Å². The lowest BCUT2D eigenvalue weighted by Crippen LogP contribution is -2.44. The Labute approximate surface area is 138 Å². The summed E-state index contributed by atoms with van der Waals surface area (Å²) in [6.07, 6.45) is 0.808. The number of benzene rings is 1. The van der Waals surface area contributed by atoms with Crippen molar-refractivity contribution >= 4 is 11.9 Å². The summed E-state index contributed by atoms with van der Waals surface area (Å²) in [4.78, 5) is 28.6. The Bertz CT molecular complexity index is 584. The minimum absolute atomic E-state index is 0.0407. The van der Waals surface area contributed by atoms with Gasteiger partial charge in [0, 0.05) is 37.8 Å². The molecule has 5 nitrogen and oxygen atoms in total. The van der Waals surface area contributed by atoms with E-state index < -0.39 is 0 Å². The maximum Gasteiger partial charge on any atom is 0.317 e. The van der Waals surface area contributed by atoms with Gasteiger partial charge >= 0.3 is 6.03 Å². The Kier molecular flexibility index (Phi) is 5.64. The van der Waals surface area contributed by atoms with Gasteiger partial charge in [-0.25, -0.2) is 4.79 Å². The van der Waals surface area contributed by atoms with Gasteiger partial charge in [0.05, 0.1) is 0 Å². The van der Waals surface area contributed by atoms with Gasteiger partial charge in [0.2, 0.25) is 0 Å². The Morgan fingerprint density at radius 2 is 1.70 bits per heavy atom. The Hall–Kier alpha value is -2.04. The largest absolute Gasteiger partial charge is 0.337 e. The van der Waals surface area contributed by atoms with Gasteiger partial charge in [-0.15, -0.1) is 0 Å². The molecular formula is C18H27N3O2. The van der Waals surface area contributed by atoms with Gasteiger partial charge in [0.25, 0.3) is 5.91 Å². The first kappa shape index (κ1) is 17.3. The highest BCUT2D eigenvalue weighted by atomic mass is 16.2. The van der Waals surface area contributed by atoms with E-state index in [1.165, 1.54) is 0 Å². The molecule has 0 bridgehead atoms. The molecule has 0 unspecified atom stereocenters. The predicted molar refractivity (Wildman–Crippen MR) is 91.7 cm³/mol. The van der Waals surface area contributed by atoms with Crippen LogP contribution in [0.15, 0.2) is 18.2 Å². The average molecular weight is 317 g/mol. The molecule has 23 heavy (non-hydrogen) atoms. The molecule has 126 valence electrons. The highest BCUT2D eigenvalue weighted by Crippen LogP contribution is 2.15. The van der Waals surface area contributed by atoms with Gasteiger partial charge in [-0.05, 0) is 45.7 Å². The molecule has 1 saturated heterocycles. The molecule has 3 amide bonds. The average Bonchev–Trinajstić information content (AvgIpc) is 2.74. The first-order chi connectivity index (χ1) is 10.9. The normalized spacial score (nSPS) is 15.5. The number of urea groups is 1. The maximum absolute atomic E-state index is 12.8. The summed E-state index contributed by atoms with van der Waals surface area (Å²) in [5.74, 6) is 0.0670. The maximum atomic E-state index is 12.8. The monoisotopic (exact) mass is 317 g/mol. The molecule has 0 aromatic heterocycles. The molecule has 0 saturated carbocycles. The number of carbonyl (C=O) groups excluding carboxylic acids is 2. The van der Waals surface area contributed by atoms with Gasteiger partial charge in [0.15, 0.2) is 0 Å². The highest BCUT2D eigenvalue weighted by Gasteiger charge is 2.23. The van der Waals surface area contributed by atoms with Crippen LogP contribution in [0.5, 0.6) is 0 Å². The molecule has 0 spiro atoms. The lowest BCUT2D eigenvalue weighted by atomic mass is 10.0. The molecule has 0 radical (unpaired) electrons. The van der Waals surface area contributed by atoms with E-state index in [9.17, 15) is 9.59 Å². The molecular weight excluding hydrogens is 290 g/mol. The number of rotatable bonds is 2. The standard InChI is InChI=1S/C18H27N3O2/c1-13(2)19-18(23)21-9-5-8-20(10-11-21)17(22)16-12-14(3)6-7-15(16)4/h6-7,12-13H,5,8-11H2,1-4H3,(H,19,23). The zero-order valence-corrected chi connectivity index (χ0v) is 14.6. The molecule has 1 fully saturated rings. The van der Waals surface area contributed by atoms with Gasteiger partial charge in [-0.3, -0.25) is 4.79 Å². The second-order valence-electron chi connectivity index (χ2n) is 6.56. The number of amides is 3. The van der Waals surface area contributed by atoms with Crippen LogP contribution in [-0.4, -0.2) is 54.0 Å². The van der Waals surface area contributed by atoms with Crippen LogP contribution in [0.25, 0.3) is 0 Å². The summed E-state index contributed by atoms with van der Waals surface area (Å²) < 4.78 is 0. The van der Waals surface area contributed by atoms with E-state index in [1.807, 2.05) is 50.8 Å². The minimum Gasteiger partial charge on any atom is -0.337 e. The van der Waals surface area contributed by atoms with Gasteiger partial charge < -0.3 is 15.1 Å². The van der Waals surface area contributed by atoms with Crippen molar-refractivity contribution in [1.82, 2.24) is 15.1 Å². The van der Waals surface area contributed by atoms with Crippen LogP contribution in [0.1, 0.15) is 41.8 Å². The van der Waals surface area contributed by atoms with Crippen molar-refractivity contribution in [2.24, 2.45) is 0 Å². The Morgan fingerprint density at radius 3 is 2.39 bits per heavy atom. The van der Waals surface area contributed by atoms with Crippen molar-refractivity contribution in [3.05, 3.63) is 34.9 Å². The summed E-state index contributed by atoms with van der Waals surface area (Å²) in [5.41, 5.74) is 2.86. The lowest BCUT2D eigenvalue weighted by Gasteiger charge is -2.24. The van der Waals surface area contributed by atoms with Crippen LogP contribution < -0.4 is 5.32 Å². The van der Waals surface area contributed by atoms with Crippen LogP contribution in [-0.2, 0) is 0 Å². The van der Waals surface area contributed by atoms with Gasteiger partial charge in [-0.2, -0.15) is 0 Å². The molecule has 0 atom stereocenters. The number of hydrogen-bond acceptors (Lipinski definition) is 2. The molecule has 1 aliphatic rings. The van der Waals surface area contributed by atoms with E-state index in [1.54, 1.807) is 4.90 Å². The summed E-state index contributed by atoms with van der Waals surface area (Å²) in [6.45, 7) is 10.4. The van der Waals surface area contributed by atoms with Crippen molar-refractivity contribution < 1.29 is 9.59 Å². The molecule has 0 aliphatic carbocycles. The quantitative estimate of drug-likeness (QED) is 0.911. The van der Waals surface area contributed by atoms with E-state index in [0.717, 1.165) is 23.1 Å². The lowest BCUT2D eigenvalue weighted by molar-refractivity contribution is 0.0761. The fourth-order valence-corrected chi connectivity index (χ4v) is 2.80. The number of nitrogens with one attached hydrogen (secondary N) is 1. The molecule has 2 rings (SSSR count). The van der Waals surface area contributed by atoms with E-state index in [-0.39, 0.29) is 18.0 Å². The molecule has 1 aliphatic heterocycles. The molecule has 1 N–H and O–H groups in total. The fourth-order valence-electron chi connectivity index (χ4n) is 2.80.